The van der Waals surface area contributed by atoms with Crippen LogP contribution < -0.4 is 26.0 Å². The van der Waals surface area contributed by atoms with E-state index in [1.807, 2.05) is 40.7 Å². The Morgan fingerprint density at radius 2 is 1.51 bits per heavy atom. The molecule has 11 atom stereocenters. The highest BCUT2D eigenvalue weighted by molar-refractivity contribution is 6.06. The third-order valence-electron chi connectivity index (χ3n) is 14.6. The first-order valence-electron chi connectivity index (χ1n) is 27.1. The number of ketones is 1. The SMILES string of the molecule is CC[C@H](C)[C@H]1NC(=O)[C@@H](NC(=O)[C@@H](CC(C)C)N(C)C(=O)OCc2ccccc2)[C@@H](C)OC(=O)[C@H](Cc2ccc(OC)cc2)N(C)C(=O)[C@@H]2CCCN2C(=O)[C@H](CC(C)C)NC(=O)[C@@H](C)C(=O)[C@H](C(C)C)NC(=O)C[C@@H]1O. The number of nitrogens with zero attached hydrogens (tertiary/aromatic N) is 3. The minimum atomic E-state index is -1.71. The van der Waals surface area contributed by atoms with E-state index in [0.717, 1.165) is 4.90 Å². The number of cyclic esters (lactones) is 1. The van der Waals surface area contributed by atoms with Gasteiger partial charge < -0.3 is 50.4 Å². The van der Waals surface area contributed by atoms with Crippen molar-refractivity contribution in [3.63, 3.8) is 0 Å². The molecule has 0 unspecified atom stereocenters. The molecule has 2 saturated heterocycles. The number of carbonyl (C=O) groups excluding carboxylic acids is 9. The lowest BCUT2D eigenvalue weighted by molar-refractivity contribution is -0.162. The molecule has 2 aliphatic rings. The zero-order valence-electron chi connectivity index (χ0n) is 47.3. The Labute approximate surface area is 454 Å². The molecule has 0 bridgehead atoms. The summed E-state index contributed by atoms with van der Waals surface area (Å²) in [6.07, 6.45) is -3.26. The molecular weight excluding hydrogens is 991 g/mol. The largest absolute Gasteiger partial charge is 0.497 e. The van der Waals surface area contributed by atoms with Gasteiger partial charge in [-0.15, -0.1) is 0 Å². The number of likely N-dealkylation sites (N-methyl/N-ethyl adjacent to an activating group) is 2. The van der Waals surface area contributed by atoms with Gasteiger partial charge >= 0.3 is 12.1 Å². The van der Waals surface area contributed by atoms with Crippen LogP contribution in [0.2, 0.25) is 0 Å². The lowest BCUT2D eigenvalue weighted by Crippen LogP contribution is -2.61. The first kappa shape index (κ1) is 63.0. The van der Waals surface area contributed by atoms with Gasteiger partial charge in [-0.05, 0) is 86.5 Å². The summed E-state index contributed by atoms with van der Waals surface area (Å²) in [5.41, 5.74) is 1.31. The Kier molecular flexibility index (Phi) is 23.9. The normalized spacial score (nSPS) is 25.6. The summed E-state index contributed by atoms with van der Waals surface area (Å²) in [5, 5.41) is 22.9. The Morgan fingerprint density at radius 3 is 2.09 bits per heavy atom. The maximum absolute atomic E-state index is 14.9. The number of amides is 7. The van der Waals surface area contributed by atoms with Crippen LogP contribution in [0.15, 0.2) is 54.6 Å². The van der Waals surface area contributed by atoms with Crippen LogP contribution in [-0.4, -0.2) is 155 Å². The van der Waals surface area contributed by atoms with E-state index in [1.165, 1.54) is 44.9 Å². The summed E-state index contributed by atoms with van der Waals surface area (Å²) in [5.74, 6) is -8.08. The molecule has 0 saturated carbocycles. The maximum Gasteiger partial charge on any atom is 0.410 e. The molecule has 0 radical (unpaired) electrons. The van der Waals surface area contributed by atoms with Crippen LogP contribution in [-0.2, 0) is 60.9 Å². The molecule has 7 amide bonds. The second-order valence-corrected chi connectivity index (χ2v) is 21.9. The summed E-state index contributed by atoms with van der Waals surface area (Å²) < 4.78 is 17.1. The van der Waals surface area contributed by atoms with E-state index in [1.54, 1.807) is 69.3 Å². The van der Waals surface area contributed by atoms with E-state index in [2.05, 4.69) is 21.3 Å². The number of nitrogens with one attached hydrogen (secondary N) is 4. The van der Waals surface area contributed by atoms with Gasteiger partial charge in [0.25, 0.3) is 0 Å². The van der Waals surface area contributed by atoms with Crippen LogP contribution in [0.3, 0.4) is 0 Å². The topological polar surface area (TPSA) is 259 Å². The predicted octanol–water partition coefficient (Wildman–Crippen LogP) is 4.33. The van der Waals surface area contributed by atoms with Crippen molar-refractivity contribution in [2.24, 2.45) is 29.6 Å². The number of methoxy groups -OCH3 is 1. The van der Waals surface area contributed by atoms with Crippen LogP contribution in [0.25, 0.3) is 0 Å². The van der Waals surface area contributed by atoms with Gasteiger partial charge in [0.15, 0.2) is 5.78 Å². The second kappa shape index (κ2) is 29.2. The highest BCUT2D eigenvalue weighted by Gasteiger charge is 2.44. The Balaban J connectivity index is 1.86. The molecule has 2 fully saturated rings. The molecule has 77 heavy (non-hydrogen) atoms. The number of Topliss-reactive ketones (excluding diaryl/α,β-unsaturated/α-hetero) is 1. The van der Waals surface area contributed by atoms with Gasteiger partial charge in [-0.25, -0.2) is 9.59 Å². The number of aliphatic hydroxyl groups excluding tert-OH is 1. The third kappa shape index (κ3) is 17.5. The third-order valence-corrected chi connectivity index (χ3v) is 14.6. The number of hydrogen-bond acceptors (Lipinski definition) is 13. The van der Waals surface area contributed by atoms with E-state index in [4.69, 9.17) is 14.2 Å². The monoisotopic (exact) mass is 1080 g/mol. The van der Waals surface area contributed by atoms with Crippen LogP contribution in [0, 0.1) is 29.6 Å². The number of rotatable bonds is 15. The molecule has 0 aliphatic carbocycles. The van der Waals surface area contributed by atoms with Gasteiger partial charge in [0.2, 0.25) is 35.4 Å². The smallest absolute Gasteiger partial charge is 0.410 e. The van der Waals surface area contributed by atoms with Crippen molar-refractivity contribution in [2.45, 2.75) is 175 Å². The zero-order valence-corrected chi connectivity index (χ0v) is 47.3. The molecule has 5 N–H and O–H groups in total. The fourth-order valence-electron chi connectivity index (χ4n) is 9.68. The summed E-state index contributed by atoms with van der Waals surface area (Å²) in [6.45, 7) is 17.2. The fourth-order valence-corrected chi connectivity index (χ4v) is 9.68. The van der Waals surface area contributed by atoms with Gasteiger partial charge in [-0.1, -0.05) is 104 Å². The molecule has 0 spiro atoms. The van der Waals surface area contributed by atoms with E-state index >= 15 is 0 Å². The first-order valence-corrected chi connectivity index (χ1v) is 27.1. The van der Waals surface area contributed by atoms with Crippen molar-refractivity contribution in [1.82, 2.24) is 36.0 Å². The fraction of sp³-hybridized carbons (Fsp3) is 0.632. The number of esters is 1. The van der Waals surface area contributed by atoms with Crippen molar-refractivity contribution >= 4 is 53.3 Å². The number of carbonyl (C=O) groups is 9. The standard InChI is InChI=1S/C57H85N7O13/c1-14-35(8)48-45(65)30-46(66)59-47(34(6)7)50(67)36(9)51(68)58-41(27-32(2)3)54(71)64-26-18-21-42(64)55(72)62(11)44(29-38-22-24-40(75-13)25-23-38)56(73)77-37(10)49(53(70)60-48)61-52(69)43(28-33(4)5)63(12)57(74)76-31-39-19-16-15-17-20-39/h15-17,19-20,22-25,32-37,41-45,47-49,65H,14,18,21,26-31H2,1-13H3,(H,58,68)(H,59,66)(H,60,70)(H,61,69)/t35-,36-,37+,41-,42-,43+,44-,45-,47-,48+,49-/m0/s1. The van der Waals surface area contributed by atoms with Crippen LogP contribution >= 0.6 is 0 Å². The number of ether oxygens (including phenoxy) is 3. The molecule has 2 heterocycles. The van der Waals surface area contributed by atoms with Crippen LogP contribution in [0.1, 0.15) is 119 Å². The molecule has 426 valence electrons. The van der Waals surface area contributed by atoms with Gasteiger partial charge in [0.1, 0.15) is 48.7 Å². The maximum atomic E-state index is 14.9. The van der Waals surface area contributed by atoms with Crippen molar-refractivity contribution in [1.29, 1.82) is 0 Å². The number of benzene rings is 2. The van der Waals surface area contributed by atoms with Crippen LogP contribution in [0.4, 0.5) is 4.79 Å². The lowest BCUT2D eigenvalue weighted by atomic mass is 9.89. The zero-order chi connectivity index (χ0) is 57.4. The number of hydrogen-bond donors (Lipinski definition) is 5. The van der Waals surface area contributed by atoms with Gasteiger partial charge in [-0.3, -0.25) is 38.5 Å². The molecule has 0 aromatic heterocycles. The van der Waals surface area contributed by atoms with E-state index in [-0.39, 0.29) is 50.7 Å². The molecule has 2 aromatic rings. The van der Waals surface area contributed by atoms with E-state index in [9.17, 15) is 48.3 Å². The summed E-state index contributed by atoms with van der Waals surface area (Å²) >= 11 is 0. The van der Waals surface area contributed by atoms with Crippen LogP contribution in [0.5, 0.6) is 5.75 Å². The summed E-state index contributed by atoms with van der Waals surface area (Å²) in [4.78, 5) is 133. The number of aliphatic hydroxyl groups is 1. The van der Waals surface area contributed by atoms with Crippen molar-refractivity contribution in [3.05, 3.63) is 65.7 Å². The van der Waals surface area contributed by atoms with Crippen molar-refractivity contribution < 1.29 is 62.5 Å². The van der Waals surface area contributed by atoms with Gasteiger partial charge in [0.05, 0.1) is 37.6 Å². The predicted molar refractivity (Wildman–Crippen MR) is 287 cm³/mol. The summed E-state index contributed by atoms with van der Waals surface area (Å²) in [7, 11) is 4.32. The molecule has 2 aromatic carbocycles. The highest BCUT2D eigenvalue weighted by Crippen LogP contribution is 2.26. The molecular formula is C57H85N7O13. The Bertz CT molecular complexity index is 2350. The second-order valence-electron chi connectivity index (χ2n) is 21.9. The highest BCUT2D eigenvalue weighted by atomic mass is 16.6. The lowest BCUT2D eigenvalue weighted by Gasteiger charge is -2.36. The Hall–Kier alpha value is -6.57. The van der Waals surface area contributed by atoms with E-state index in [0.29, 0.717) is 29.7 Å². The van der Waals surface area contributed by atoms with Crippen molar-refractivity contribution in [3.8, 4) is 5.75 Å². The Morgan fingerprint density at radius 1 is 0.857 bits per heavy atom. The molecule has 20 heteroatoms. The molecule has 4 rings (SSSR count). The quantitative estimate of drug-likeness (QED) is 0.123. The first-order chi connectivity index (χ1) is 36.3. The molecule has 2 aliphatic heterocycles. The minimum absolute atomic E-state index is 0.0811. The van der Waals surface area contributed by atoms with Gasteiger partial charge in [-0.2, -0.15) is 0 Å². The average Bonchev–Trinajstić information content (AvgIpc) is 3.89. The number of fused-ring (bicyclic) bond motifs is 1. The van der Waals surface area contributed by atoms with E-state index < -0.39 is 132 Å². The average molecular weight is 1080 g/mol. The summed E-state index contributed by atoms with van der Waals surface area (Å²) in [6, 6.07) is 6.91. The van der Waals surface area contributed by atoms with Gasteiger partial charge in [0, 0.05) is 27.1 Å². The van der Waals surface area contributed by atoms with Crippen molar-refractivity contribution in [2.75, 3.05) is 27.7 Å². The molecule has 20 nitrogen and oxygen atoms in total. The minimum Gasteiger partial charge on any atom is -0.497 e.